The van der Waals surface area contributed by atoms with Crippen LogP contribution < -0.4 is 15.5 Å². The Balaban J connectivity index is 1.66. The van der Waals surface area contributed by atoms with Crippen LogP contribution in [-0.4, -0.2) is 35.9 Å². The first-order chi connectivity index (χ1) is 15.0. The van der Waals surface area contributed by atoms with E-state index < -0.39 is 12.1 Å². The molecule has 0 spiro atoms. The third kappa shape index (κ3) is 4.59. The Morgan fingerprint density at radius 1 is 1.03 bits per heavy atom. The van der Waals surface area contributed by atoms with Crippen molar-refractivity contribution >= 4 is 29.6 Å². The van der Waals surface area contributed by atoms with Gasteiger partial charge in [0.25, 0.3) is 5.91 Å². The van der Waals surface area contributed by atoms with E-state index in [0.29, 0.717) is 10.6 Å². The van der Waals surface area contributed by atoms with Gasteiger partial charge in [0.1, 0.15) is 5.75 Å². The summed E-state index contributed by atoms with van der Waals surface area (Å²) in [5.74, 6) is 0.111. The molecule has 4 rings (SSSR count). The number of nitrogens with zero attached hydrogens (tertiary/aromatic N) is 1. The molecule has 1 fully saturated rings. The van der Waals surface area contributed by atoms with Gasteiger partial charge in [0, 0.05) is 21.7 Å². The van der Waals surface area contributed by atoms with Crippen molar-refractivity contribution in [2.75, 3.05) is 7.11 Å². The molecule has 0 saturated carbocycles. The van der Waals surface area contributed by atoms with Crippen molar-refractivity contribution in [3.8, 4) is 5.75 Å². The summed E-state index contributed by atoms with van der Waals surface area (Å²) in [7, 11) is 1.61. The van der Waals surface area contributed by atoms with Crippen LogP contribution in [-0.2, 0) is 4.79 Å². The number of hydrazine groups is 1. The van der Waals surface area contributed by atoms with E-state index in [9.17, 15) is 9.59 Å². The Morgan fingerprint density at radius 3 is 2.35 bits per heavy atom. The monoisotopic (exact) mass is 434 g/mol. The summed E-state index contributed by atoms with van der Waals surface area (Å²) in [4.78, 5) is 25.6. The summed E-state index contributed by atoms with van der Waals surface area (Å²) in [6.07, 6.45) is 1.84. The molecule has 1 saturated heterocycles. The first-order valence-electron chi connectivity index (χ1n) is 9.74. The van der Waals surface area contributed by atoms with E-state index in [0.717, 1.165) is 16.9 Å². The molecule has 0 aromatic heterocycles. The predicted octanol–water partition coefficient (Wildman–Crippen LogP) is 3.36. The molecule has 0 unspecified atom stereocenters. The maximum absolute atomic E-state index is 12.9. The van der Waals surface area contributed by atoms with Gasteiger partial charge in [0.05, 0.1) is 7.11 Å². The number of amides is 2. The largest absolute Gasteiger partial charge is 0.497 e. The Hall–Kier alpha value is -3.64. The molecule has 1 aliphatic rings. The minimum absolute atomic E-state index is 0.291. The molecular weight excluding hydrogens is 414 g/mol. The zero-order valence-corrected chi connectivity index (χ0v) is 17.5. The fourth-order valence-corrected chi connectivity index (χ4v) is 3.63. The number of carbonyl (C=O) groups excluding carboxylic acids is 2. The lowest BCUT2D eigenvalue weighted by Gasteiger charge is -2.14. The average Bonchev–Trinajstić information content (AvgIpc) is 3.09. The second-order valence-electron chi connectivity index (χ2n) is 7.10. The van der Waals surface area contributed by atoms with Crippen LogP contribution >= 0.6 is 11.6 Å². The van der Waals surface area contributed by atoms with Gasteiger partial charge in [-0.3, -0.25) is 9.59 Å². The zero-order valence-electron chi connectivity index (χ0n) is 16.8. The van der Waals surface area contributed by atoms with Gasteiger partial charge in [-0.2, -0.15) is 0 Å². The van der Waals surface area contributed by atoms with E-state index in [4.69, 9.17) is 16.3 Å². The van der Waals surface area contributed by atoms with Crippen LogP contribution in [0.4, 0.5) is 0 Å². The van der Waals surface area contributed by atoms with Gasteiger partial charge < -0.3 is 10.1 Å². The third-order valence-corrected chi connectivity index (χ3v) is 5.33. The Labute approximate surface area is 185 Å². The summed E-state index contributed by atoms with van der Waals surface area (Å²) < 4.78 is 6.93. The van der Waals surface area contributed by atoms with E-state index in [1.54, 1.807) is 36.1 Å². The van der Waals surface area contributed by atoms with E-state index >= 15 is 0 Å². The maximum Gasteiger partial charge on any atom is 0.304 e. The van der Waals surface area contributed by atoms with Crippen molar-refractivity contribution in [2.24, 2.45) is 0 Å². The molecule has 7 heteroatoms. The van der Waals surface area contributed by atoms with Crippen molar-refractivity contribution < 1.29 is 19.0 Å². The van der Waals surface area contributed by atoms with Gasteiger partial charge in [-0.25, -0.2) is 0 Å². The van der Waals surface area contributed by atoms with Crippen molar-refractivity contribution in [1.29, 1.82) is 0 Å². The molecular formula is C24H21ClN3O3+. The highest BCUT2D eigenvalue weighted by molar-refractivity contribution is 6.30. The third-order valence-electron chi connectivity index (χ3n) is 5.08. The highest BCUT2D eigenvalue weighted by atomic mass is 35.5. The van der Waals surface area contributed by atoms with Crippen molar-refractivity contribution in [2.45, 2.75) is 12.1 Å². The summed E-state index contributed by atoms with van der Waals surface area (Å²) >= 11 is 5.91. The Bertz CT molecular complexity index is 1110. The Morgan fingerprint density at radius 2 is 1.71 bits per heavy atom. The van der Waals surface area contributed by atoms with Crippen molar-refractivity contribution in [3.63, 3.8) is 0 Å². The fourth-order valence-electron chi connectivity index (χ4n) is 3.51. The number of hydrogen-bond donors (Lipinski definition) is 2. The molecule has 2 amide bonds. The molecule has 31 heavy (non-hydrogen) atoms. The van der Waals surface area contributed by atoms with Crippen LogP contribution in [0.3, 0.4) is 0 Å². The number of halogens is 1. The zero-order chi connectivity index (χ0) is 21.8. The van der Waals surface area contributed by atoms with Crippen LogP contribution in [0.1, 0.15) is 27.5 Å². The lowest BCUT2D eigenvalue weighted by Crippen LogP contribution is -2.42. The van der Waals surface area contributed by atoms with Gasteiger partial charge >= 0.3 is 5.91 Å². The van der Waals surface area contributed by atoms with Crippen LogP contribution in [0, 0.1) is 0 Å². The van der Waals surface area contributed by atoms with Gasteiger partial charge in [0.2, 0.25) is 12.3 Å². The van der Waals surface area contributed by atoms with Crippen LogP contribution in [0.25, 0.3) is 0 Å². The topological polar surface area (TPSA) is 70.4 Å². The maximum atomic E-state index is 12.9. The van der Waals surface area contributed by atoms with Crippen LogP contribution in [0.2, 0.25) is 5.02 Å². The normalized spacial score (nSPS) is 19.2. The first kappa shape index (κ1) is 20.6. The summed E-state index contributed by atoms with van der Waals surface area (Å²) in [6, 6.07) is 22.4. The fraction of sp³-hybridized carbons (Fsp3) is 0.125. The predicted molar refractivity (Wildman–Crippen MR) is 118 cm³/mol. The number of hydrogen-bond acceptors (Lipinski definition) is 3. The minimum atomic E-state index is -0.778. The molecule has 156 valence electrons. The molecule has 2 atom stereocenters. The molecule has 3 aromatic carbocycles. The van der Waals surface area contributed by atoms with Gasteiger partial charge in [-0.1, -0.05) is 41.9 Å². The number of methoxy groups -OCH3 is 1. The summed E-state index contributed by atoms with van der Waals surface area (Å²) in [6.45, 7) is 0. The SMILES string of the molecule is COc1ccc(/C=[N+]2\NC(=O)[C@@H](NC(=O)c3ccc(Cl)cc3)[C@H]2c2ccccc2)cc1. The second kappa shape index (κ2) is 9.02. The smallest absolute Gasteiger partial charge is 0.304 e. The average molecular weight is 435 g/mol. The quantitative estimate of drug-likeness (QED) is 0.605. The standard InChI is InChI=1S/C24H20ClN3O3/c1-31-20-13-7-16(8-14-20)15-28-22(17-5-3-2-4-6-17)21(24(30)27-28)26-23(29)18-9-11-19(25)12-10-18/h2-15,21-22H,1H3,(H-,26,27,29,30)/p+1/b28-15-/t21-,22+/m0/s1. The molecule has 0 aliphatic carbocycles. The molecule has 0 bridgehead atoms. The number of benzene rings is 3. The van der Waals surface area contributed by atoms with E-state index in [1.807, 2.05) is 60.8 Å². The summed E-state index contributed by atoms with van der Waals surface area (Å²) in [5, 5.41) is 3.41. The van der Waals surface area contributed by atoms with Crippen LogP contribution in [0.15, 0.2) is 78.9 Å². The lowest BCUT2D eigenvalue weighted by atomic mass is 10.00. The first-order valence-corrected chi connectivity index (χ1v) is 10.1. The number of carbonyl (C=O) groups is 2. The molecule has 2 N–H and O–H groups in total. The highest BCUT2D eigenvalue weighted by Crippen LogP contribution is 2.25. The van der Waals surface area contributed by atoms with Gasteiger partial charge in [-0.15, -0.1) is 10.1 Å². The molecule has 6 nitrogen and oxygen atoms in total. The number of hydrazone groups is 1. The summed E-state index contributed by atoms with van der Waals surface area (Å²) in [5.41, 5.74) is 5.08. The molecule has 3 aromatic rings. The van der Waals surface area contributed by atoms with Gasteiger partial charge in [0.15, 0.2) is 6.04 Å². The molecule has 0 radical (unpaired) electrons. The van der Waals surface area contributed by atoms with E-state index in [2.05, 4.69) is 10.7 Å². The number of nitrogens with one attached hydrogen (secondary N) is 2. The number of ether oxygens (including phenoxy) is 1. The number of rotatable bonds is 5. The Kier molecular flexibility index (Phi) is 6.00. The van der Waals surface area contributed by atoms with Crippen molar-refractivity contribution in [1.82, 2.24) is 10.7 Å². The van der Waals surface area contributed by atoms with Gasteiger partial charge in [-0.05, 0) is 48.5 Å². The van der Waals surface area contributed by atoms with Crippen molar-refractivity contribution in [3.05, 3.63) is 101 Å². The molecule has 1 heterocycles. The molecule has 1 aliphatic heterocycles. The highest BCUT2D eigenvalue weighted by Gasteiger charge is 2.47. The minimum Gasteiger partial charge on any atom is -0.497 e. The van der Waals surface area contributed by atoms with E-state index in [-0.39, 0.29) is 11.8 Å². The lowest BCUT2D eigenvalue weighted by molar-refractivity contribution is -0.596. The second-order valence-corrected chi connectivity index (χ2v) is 7.54. The van der Waals surface area contributed by atoms with E-state index in [1.165, 1.54) is 0 Å². The van der Waals surface area contributed by atoms with Crippen LogP contribution in [0.5, 0.6) is 5.75 Å².